The number of methoxy groups -OCH3 is 1. The lowest BCUT2D eigenvalue weighted by atomic mass is 10.2. The van der Waals surface area contributed by atoms with E-state index in [0.717, 1.165) is 15.3 Å². The molecule has 0 fully saturated rings. The molecule has 0 aliphatic rings. The van der Waals surface area contributed by atoms with Crippen molar-refractivity contribution in [3.63, 3.8) is 0 Å². The van der Waals surface area contributed by atoms with E-state index in [4.69, 9.17) is 17.3 Å². The van der Waals surface area contributed by atoms with Crippen LogP contribution < -0.4 is 5.73 Å². The number of nitrogens with two attached hydrogens (primary N) is 1. The molecule has 2 N–H and O–H groups in total. The Hall–Kier alpha value is -1.36. The average molecular weight is 296 g/mol. The van der Waals surface area contributed by atoms with E-state index in [1.165, 1.54) is 7.11 Å². The third-order valence-corrected chi connectivity index (χ3v) is 4.20. The second kappa shape index (κ2) is 6.19. The number of halogens is 1. The molecule has 1 aromatic carbocycles. The second-order valence-electron chi connectivity index (χ2n) is 4.08. The molecule has 1 heterocycles. The number of rotatable bonds is 4. The molecule has 1 aromatic heterocycles. The summed E-state index contributed by atoms with van der Waals surface area (Å²) in [5, 5.41) is 0.716. The molecule has 0 amide bonds. The van der Waals surface area contributed by atoms with Gasteiger partial charge in [0.2, 0.25) is 0 Å². The zero-order valence-corrected chi connectivity index (χ0v) is 12.0. The summed E-state index contributed by atoms with van der Waals surface area (Å²) < 4.78 is 4.61. The first-order chi connectivity index (χ1) is 9.11. The molecular formula is C14H14ClNO2S. The minimum atomic E-state index is -0.622. The number of hydrogen-bond donors (Lipinski definition) is 1. The number of hydrogen-bond acceptors (Lipinski definition) is 4. The third-order valence-electron chi connectivity index (χ3n) is 2.73. The molecule has 0 saturated carbocycles. The van der Waals surface area contributed by atoms with Gasteiger partial charge in [-0.05, 0) is 18.2 Å². The fourth-order valence-electron chi connectivity index (χ4n) is 1.74. The van der Waals surface area contributed by atoms with E-state index in [-0.39, 0.29) is 0 Å². The van der Waals surface area contributed by atoms with Crippen LogP contribution in [0.15, 0.2) is 36.4 Å². The van der Waals surface area contributed by atoms with E-state index < -0.39 is 12.0 Å². The van der Waals surface area contributed by atoms with Crippen molar-refractivity contribution in [3.8, 4) is 10.4 Å². The predicted octanol–water partition coefficient (Wildman–Crippen LogP) is 3.11. The van der Waals surface area contributed by atoms with Crippen molar-refractivity contribution in [1.82, 2.24) is 0 Å². The minimum absolute atomic E-state index is 0.396. The molecule has 0 bridgehead atoms. The van der Waals surface area contributed by atoms with Crippen molar-refractivity contribution in [2.75, 3.05) is 7.11 Å². The summed E-state index contributed by atoms with van der Waals surface area (Å²) in [6, 6.07) is 11.0. The SMILES string of the molecule is COC(=O)C(N)Cc1ccc(-c2ccccc2Cl)s1. The lowest BCUT2D eigenvalue weighted by Gasteiger charge is -2.06. The molecule has 5 heteroatoms. The minimum Gasteiger partial charge on any atom is -0.468 e. The summed E-state index contributed by atoms with van der Waals surface area (Å²) in [6.07, 6.45) is 0.474. The molecule has 1 unspecified atom stereocenters. The molecule has 0 spiro atoms. The maximum Gasteiger partial charge on any atom is 0.323 e. The van der Waals surface area contributed by atoms with Crippen molar-refractivity contribution < 1.29 is 9.53 Å². The molecule has 100 valence electrons. The van der Waals surface area contributed by atoms with Crippen LogP contribution in [-0.4, -0.2) is 19.1 Å². The maximum absolute atomic E-state index is 11.3. The summed E-state index contributed by atoms with van der Waals surface area (Å²) in [5.74, 6) is -0.396. The molecular weight excluding hydrogens is 282 g/mol. The van der Waals surface area contributed by atoms with Gasteiger partial charge in [-0.25, -0.2) is 0 Å². The van der Waals surface area contributed by atoms with Gasteiger partial charge in [0.05, 0.1) is 7.11 Å². The highest BCUT2D eigenvalue weighted by molar-refractivity contribution is 7.15. The Morgan fingerprint density at radius 2 is 2.11 bits per heavy atom. The first kappa shape index (κ1) is 14.1. The molecule has 0 radical (unpaired) electrons. The number of benzene rings is 1. The van der Waals surface area contributed by atoms with Crippen LogP contribution >= 0.6 is 22.9 Å². The standard InChI is InChI=1S/C14H14ClNO2S/c1-18-14(17)12(16)8-9-6-7-13(19-9)10-4-2-3-5-11(10)15/h2-7,12H,8,16H2,1H3. The van der Waals surface area contributed by atoms with Crippen molar-refractivity contribution in [3.05, 3.63) is 46.3 Å². The number of carbonyl (C=O) groups is 1. The molecule has 3 nitrogen and oxygen atoms in total. The number of esters is 1. The monoisotopic (exact) mass is 295 g/mol. The molecule has 19 heavy (non-hydrogen) atoms. The van der Waals surface area contributed by atoms with Crippen molar-refractivity contribution in [1.29, 1.82) is 0 Å². The number of carbonyl (C=O) groups excluding carboxylic acids is 1. The zero-order valence-electron chi connectivity index (χ0n) is 10.4. The van der Waals surface area contributed by atoms with E-state index in [0.29, 0.717) is 11.4 Å². The van der Waals surface area contributed by atoms with Crippen molar-refractivity contribution in [2.24, 2.45) is 5.73 Å². The highest BCUT2D eigenvalue weighted by atomic mass is 35.5. The smallest absolute Gasteiger partial charge is 0.323 e. The molecule has 0 saturated heterocycles. The fraction of sp³-hybridized carbons (Fsp3) is 0.214. The van der Waals surface area contributed by atoms with Crippen LogP contribution in [0.4, 0.5) is 0 Å². The van der Waals surface area contributed by atoms with Gasteiger partial charge in [0.1, 0.15) is 6.04 Å². The lowest BCUT2D eigenvalue weighted by molar-refractivity contribution is -0.142. The fourth-order valence-corrected chi connectivity index (χ4v) is 3.14. The van der Waals surface area contributed by atoms with Gasteiger partial charge in [-0.15, -0.1) is 11.3 Å². The van der Waals surface area contributed by atoms with Crippen LogP contribution in [0.25, 0.3) is 10.4 Å². The van der Waals surface area contributed by atoms with E-state index in [2.05, 4.69) is 4.74 Å². The van der Waals surface area contributed by atoms with Crippen molar-refractivity contribution >= 4 is 28.9 Å². The van der Waals surface area contributed by atoms with Crippen LogP contribution in [0, 0.1) is 0 Å². The second-order valence-corrected chi connectivity index (χ2v) is 5.66. The van der Waals surface area contributed by atoms with Gasteiger partial charge in [0.15, 0.2) is 0 Å². The summed E-state index contributed by atoms with van der Waals surface area (Å²) in [4.78, 5) is 13.4. The Morgan fingerprint density at radius 3 is 2.79 bits per heavy atom. The van der Waals surface area contributed by atoms with Gasteiger partial charge >= 0.3 is 5.97 Å². The first-order valence-electron chi connectivity index (χ1n) is 5.79. The zero-order chi connectivity index (χ0) is 13.8. The highest BCUT2D eigenvalue weighted by Crippen LogP contribution is 2.33. The Balaban J connectivity index is 2.16. The van der Waals surface area contributed by atoms with E-state index in [1.54, 1.807) is 11.3 Å². The summed E-state index contributed by atoms with van der Waals surface area (Å²) in [7, 11) is 1.34. The third kappa shape index (κ3) is 3.35. The Morgan fingerprint density at radius 1 is 1.37 bits per heavy atom. The summed E-state index contributed by atoms with van der Waals surface area (Å²) in [6.45, 7) is 0. The van der Waals surface area contributed by atoms with Gasteiger partial charge in [-0.1, -0.05) is 29.8 Å². The van der Waals surface area contributed by atoms with Crippen LogP contribution in [-0.2, 0) is 16.0 Å². The van der Waals surface area contributed by atoms with E-state index in [1.807, 2.05) is 36.4 Å². The number of thiophene rings is 1. The molecule has 0 aliphatic carbocycles. The Kier molecular flexibility index (Phi) is 4.58. The predicted molar refractivity (Wildman–Crippen MR) is 78.5 cm³/mol. The highest BCUT2D eigenvalue weighted by Gasteiger charge is 2.16. The Labute approximate surface area is 121 Å². The largest absolute Gasteiger partial charge is 0.468 e. The average Bonchev–Trinajstić information content (AvgIpc) is 2.86. The molecule has 0 aliphatic heterocycles. The summed E-state index contributed by atoms with van der Waals surface area (Å²) >= 11 is 7.74. The van der Waals surface area contributed by atoms with Gasteiger partial charge in [-0.3, -0.25) is 4.79 Å². The van der Waals surface area contributed by atoms with Crippen LogP contribution in [0.5, 0.6) is 0 Å². The quantitative estimate of drug-likeness (QED) is 0.882. The van der Waals surface area contributed by atoms with Gasteiger partial charge in [0.25, 0.3) is 0 Å². The lowest BCUT2D eigenvalue weighted by Crippen LogP contribution is -2.33. The first-order valence-corrected chi connectivity index (χ1v) is 6.98. The van der Waals surface area contributed by atoms with Crippen LogP contribution in [0.1, 0.15) is 4.88 Å². The number of ether oxygens (including phenoxy) is 1. The van der Waals surface area contributed by atoms with E-state index >= 15 is 0 Å². The van der Waals surface area contributed by atoms with Crippen LogP contribution in [0.3, 0.4) is 0 Å². The summed E-state index contributed by atoms with van der Waals surface area (Å²) in [5.41, 5.74) is 6.74. The van der Waals surface area contributed by atoms with E-state index in [9.17, 15) is 4.79 Å². The van der Waals surface area contributed by atoms with Gasteiger partial charge in [-0.2, -0.15) is 0 Å². The molecule has 2 aromatic rings. The molecule has 1 atom stereocenters. The van der Waals surface area contributed by atoms with Gasteiger partial charge in [0, 0.05) is 26.8 Å². The maximum atomic E-state index is 11.3. The van der Waals surface area contributed by atoms with Crippen LogP contribution in [0.2, 0.25) is 5.02 Å². The molecule has 2 rings (SSSR count). The van der Waals surface area contributed by atoms with Gasteiger partial charge < -0.3 is 10.5 Å². The normalized spacial score (nSPS) is 12.2. The topological polar surface area (TPSA) is 52.3 Å². The Bertz CT molecular complexity index is 582. The van der Waals surface area contributed by atoms with Crippen molar-refractivity contribution in [2.45, 2.75) is 12.5 Å².